The first-order chi connectivity index (χ1) is 9.18. The van der Waals surface area contributed by atoms with E-state index in [1.807, 2.05) is 18.2 Å². The largest absolute Gasteiger partial charge is 0.391 e. The lowest BCUT2D eigenvalue weighted by molar-refractivity contribution is 0.0267. The minimum Gasteiger partial charge on any atom is -0.391 e. The molecule has 0 aromatic heterocycles. The average Bonchev–Trinajstić information content (AvgIpc) is 2.48. The highest BCUT2D eigenvalue weighted by Crippen LogP contribution is 2.41. The SMILES string of the molecule is CC(CC(O)C1(C#N)CCCCC1)c1ccccc1. The first kappa shape index (κ1) is 14.1. The molecule has 0 radical (unpaired) electrons. The highest BCUT2D eigenvalue weighted by molar-refractivity contribution is 5.19. The molecule has 0 bridgehead atoms. The first-order valence-corrected chi connectivity index (χ1v) is 7.32. The fraction of sp³-hybridized carbons (Fsp3) is 0.588. The van der Waals surface area contributed by atoms with E-state index in [0.29, 0.717) is 12.3 Å². The summed E-state index contributed by atoms with van der Waals surface area (Å²) in [4.78, 5) is 0. The lowest BCUT2D eigenvalue weighted by Crippen LogP contribution is -2.36. The van der Waals surface area contributed by atoms with Crippen LogP contribution in [0.5, 0.6) is 0 Å². The molecule has 2 heteroatoms. The van der Waals surface area contributed by atoms with Crippen LogP contribution in [-0.4, -0.2) is 11.2 Å². The Balaban J connectivity index is 2.04. The van der Waals surface area contributed by atoms with Crippen molar-refractivity contribution in [1.82, 2.24) is 0 Å². The monoisotopic (exact) mass is 257 g/mol. The van der Waals surface area contributed by atoms with Gasteiger partial charge in [-0.3, -0.25) is 0 Å². The predicted molar refractivity (Wildman–Crippen MR) is 76.6 cm³/mol. The van der Waals surface area contributed by atoms with Gasteiger partial charge >= 0.3 is 0 Å². The van der Waals surface area contributed by atoms with Crippen LogP contribution in [0.1, 0.15) is 56.9 Å². The van der Waals surface area contributed by atoms with Gasteiger partial charge in [0, 0.05) is 0 Å². The molecule has 1 saturated carbocycles. The van der Waals surface area contributed by atoms with E-state index in [9.17, 15) is 10.4 Å². The minimum atomic E-state index is -0.506. The zero-order valence-corrected chi connectivity index (χ0v) is 11.7. The van der Waals surface area contributed by atoms with Gasteiger partial charge in [-0.15, -0.1) is 0 Å². The second-order valence-corrected chi connectivity index (χ2v) is 5.89. The second kappa shape index (κ2) is 6.21. The van der Waals surface area contributed by atoms with Gasteiger partial charge in [-0.2, -0.15) is 5.26 Å². The Hall–Kier alpha value is -1.33. The number of hydrogen-bond donors (Lipinski definition) is 1. The van der Waals surface area contributed by atoms with Gasteiger partial charge in [0.1, 0.15) is 0 Å². The van der Waals surface area contributed by atoms with E-state index in [-0.39, 0.29) is 0 Å². The molecule has 19 heavy (non-hydrogen) atoms. The third-order valence-corrected chi connectivity index (χ3v) is 4.55. The van der Waals surface area contributed by atoms with E-state index in [1.54, 1.807) is 0 Å². The zero-order chi connectivity index (χ0) is 13.7. The standard InChI is InChI=1S/C17H23NO/c1-14(15-8-4-2-5-9-15)12-16(19)17(13-18)10-6-3-7-11-17/h2,4-5,8-9,14,16,19H,3,6-7,10-12H2,1H3. The smallest absolute Gasteiger partial charge is 0.0832 e. The molecular formula is C17H23NO. The molecule has 1 aliphatic carbocycles. The molecule has 1 fully saturated rings. The van der Waals surface area contributed by atoms with Crippen LogP contribution in [0.4, 0.5) is 0 Å². The van der Waals surface area contributed by atoms with Crippen molar-refractivity contribution in [2.75, 3.05) is 0 Å². The molecule has 2 unspecified atom stereocenters. The summed E-state index contributed by atoms with van der Waals surface area (Å²) in [5.41, 5.74) is 0.742. The third kappa shape index (κ3) is 3.16. The topological polar surface area (TPSA) is 44.0 Å². The fourth-order valence-electron chi connectivity index (χ4n) is 3.18. The molecule has 0 aliphatic heterocycles. The van der Waals surface area contributed by atoms with Crippen molar-refractivity contribution in [2.45, 2.75) is 57.5 Å². The Labute approximate surface area is 116 Å². The number of benzene rings is 1. The maximum atomic E-state index is 10.5. The molecule has 2 atom stereocenters. The van der Waals surface area contributed by atoms with Crippen LogP contribution >= 0.6 is 0 Å². The summed E-state index contributed by atoms with van der Waals surface area (Å²) in [7, 11) is 0. The summed E-state index contributed by atoms with van der Waals surface area (Å²) in [6.45, 7) is 2.13. The van der Waals surface area contributed by atoms with Crippen molar-refractivity contribution < 1.29 is 5.11 Å². The van der Waals surface area contributed by atoms with Gasteiger partial charge in [-0.25, -0.2) is 0 Å². The highest BCUT2D eigenvalue weighted by Gasteiger charge is 2.39. The molecule has 2 nitrogen and oxygen atoms in total. The molecule has 0 saturated heterocycles. The molecule has 2 rings (SSSR count). The van der Waals surface area contributed by atoms with E-state index in [1.165, 1.54) is 12.0 Å². The van der Waals surface area contributed by atoms with E-state index in [0.717, 1.165) is 25.7 Å². The summed E-state index contributed by atoms with van der Waals surface area (Å²) in [5, 5.41) is 20.0. The summed E-state index contributed by atoms with van der Waals surface area (Å²) >= 11 is 0. The molecule has 1 N–H and O–H groups in total. The lowest BCUT2D eigenvalue weighted by atomic mass is 9.69. The number of rotatable bonds is 4. The van der Waals surface area contributed by atoms with Crippen LogP contribution in [0, 0.1) is 16.7 Å². The average molecular weight is 257 g/mol. The predicted octanol–water partition coefficient (Wildman–Crippen LogP) is 4.02. The van der Waals surface area contributed by atoms with E-state index >= 15 is 0 Å². The number of nitrogens with zero attached hydrogens (tertiary/aromatic N) is 1. The summed E-state index contributed by atoms with van der Waals surface area (Å²) in [6, 6.07) is 12.7. The maximum Gasteiger partial charge on any atom is 0.0832 e. The normalized spacial score (nSPS) is 21.3. The van der Waals surface area contributed by atoms with Gasteiger partial charge in [-0.05, 0) is 30.7 Å². The number of nitriles is 1. The minimum absolute atomic E-state index is 0.295. The van der Waals surface area contributed by atoms with Crippen LogP contribution in [-0.2, 0) is 0 Å². The van der Waals surface area contributed by atoms with Gasteiger partial charge in [0.15, 0.2) is 0 Å². The number of aliphatic hydroxyl groups excluding tert-OH is 1. The second-order valence-electron chi connectivity index (χ2n) is 5.89. The third-order valence-electron chi connectivity index (χ3n) is 4.55. The quantitative estimate of drug-likeness (QED) is 0.885. The molecule has 0 amide bonds. The van der Waals surface area contributed by atoms with E-state index < -0.39 is 11.5 Å². The van der Waals surface area contributed by atoms with Crippen molar-refractivity contribution in [1.29, 1.82) is 5.26 Å². The first-order valence-electron chi connectivity index (χ1n) is 7.32. The lowest BCUT2D eigenvalue weighted by Gasteiger charge is -2.36. The Kier molecular flexibility index (Phi) is 4.61. The van der Waals surface area contributed by atoms with Gasteiger partial charge in [0.2, 0.25) is 0 Å². The van der Waals surface area contributed by atoms with Crippen LogP contribution in [0.2, 0.25) is 0 Å². The molecule has 0 spiro atoms. The van der Waals surface area contributed by atoms with Crippen LogP contribution in [0.15, 0.2) is 30.3 Å². The van der Waals surface area contributed by atoms with Crippen molar-refractivity contribution in [3.05, 3.63) is 35.9 Å². The Morgan fingerprint density at radius 3 is 2.42 bits per heavy atom. The van der Waals surface area contributed by atoms with Gasteiger partial charge in [-0.1, -0.05) is 56.5 Å². The summed E-state index contributed by atoms with van der Waals surface area (Å²) in [6.07, 6.45) is 5.22. The van der Waals surface area contributed by atoms with Crippen LogP contribution in [0.3, 0.4) is 0 Å². The molecule has 1 aromatic rings. The highest BCUT2D eigenvalue weighted by atomic mass is 16.3. The van der Waals surface area contributed by atoms with Crippen molar-refractivity contribution >= 4 is 0 Å². The maximum absolute atomic E-state index is 10.5. The summed E-state index contributed by atoms with van der Waals surface area (Å²) in [5.74, 6) is 0.295. The van der Waals surface area contributed by atoms with Crippen molar-refractivity contribution in [3.8, 4) is 6.07 Å². The summed E-state index contributed by atoms with van der Waals surface area (Å²) < 4.78 is 0. The Morgan fingerprint density at radius 2 is 1.84 bits per heavy atom. The molecule has 1 aliphatic rings. The van der Waals surface area contributed by atoms with Gasteiger partial charge in [0.25, 0.3) is 0 Å². The zero-order valence-electron chi connectivity index (χ0n) is 11.7. The molecule has 102 valence electrons. The Bertz CT molecular complexity index is 428. The van der Waals surface area contributed by atoms with Crippen molar-refractivity contribution in [3.63, 3.8) is 0 Å². The van der Waals surface area contributed by atoms with Gasteiger partial charge in [0.05, 0.1) is 17.6 Å². The number of aliphatic hydroxyl groups is 1. The van der Waals surface area contributed by atoms with E-state index in [4.69, 9.17) is 0 Å². The van der Waals surface area contributed by atoms with Crippen LogP contribution < -0.4 is 0 Å². The van der Waals surface area contributed by atoms with Gasteiger partial charge < -0.3 is 5.11 Å². The van der Waals surface area contributed by atoms with Crippen LogP contribution in [0.25, 0.3) is 0 Å². The molecular weight excluding hydrogens is 234 g/mol. The number of hydrogen-bond acceptors (Lipinski definition) is 2. The Morgan fingerprint density at radius 1 is 1.21 bits per heavy atom. The van der Waals surface area contributed by atoms with E-state index in [2.05, 4.69) is 25.1 Å². The fourth-order valence-corrected chi connectivity index (χ4v) is 3.18. The molecule has 1 aromatic carbocycles. The van der Waals surface area contributed by atoms with Crippen molar-refractivity contribution in [2.24, 2.45) is 5.41 Å². The molecule has 0 heterocycles.